The van der Waals surface area contributed by atoms with Crippen LogP contribution in [0.3, 0.4) is 0 Å². The van der Waals surface area contributed by atoms with Crippen LogP contribution in [0.2, 0.25) is 0 Å². The summed E-state index contributed by atoms with van der Waals surface area (Å²) in [5, 5.41) is 3.43. The van der Waals surface area contributed by atoms with Crippen LogP contribution in [0.15, 0.2) is 23.4 Å². The summed E-state index contributed by atoms with van der Waals surface area (Å²) in [7, 11) is -3.43. The molecule has 0 atom stereocenters. The Bertz CT molecular complexity index is 466. The first-order valence-corrected chi connectivity index (χ1v) is 7.28. The molecule has 2 N–H and O–H groups in total. The first kappa shape index (κ1) is 12.5. The first-order chi connectivity index (χ1) is 8.12. The maximum Gasteiger partial charge on any atom is 0.258 e. The van der Waals surface area contributed by atoms with Crippen molar-refractivity contribution in [3.05, 3.63) is 23.9 Å². The van der Waals surface area contributed by atoms with Crippen LogP contribution >= 0.6 is 0 Å². The summed E-state index contributed by atoms with van der Waals surface area (Å²) in [5.74, 6) is 0. The molecule has 6 heteroatoms. The minimum atomic E-state index is -3.43. The van der Waals surface area contributed by atoms with E-state index in [4.69, 9.17) is 0 Å². The lowest BCUT2D eigenvalue weighted by Crippen LogP contribution is -2.24. The fourth-order valence-corrected chi connectivity index (χ4v) is 2.45. The summed E-state index contributed by atoms with van der Waals surface area (Å²) in [6.45, 7) is 2.86. The molecule has 2 rings (SSSR count). The van der Waals surface area contributed by atoms with E-state index in [1.165, 1.54) is 12.8 Å². The molecule has 0 aromatic carbocycles. The van der Waals surface area contributed by atoms with Gasteiger partial charge in [0.25, 0.3) is 10.0 Å². The van der Waals surface area contributed by atoms with E-state index in [0.717, 1.165) is 12.1 Å². The van der Waals surface area contributed by atoms with Gasteiger partial charge in [-0.3, -0.25) is 0 Å². The third-order valence-electron chi connectivity index (χ3n) is 2.58. The largest absolute Gasteiger partial charge is 0.310 e. The average Bonchev–Trinajstić information content (AvgIpc) is 3.11. The summed E-state index contributed by atoms with van der Waals surface area (Å²) in [6, 6.07) is 3.98. The lowest BCUT2D eigenvalue weighted by Gasteiger charge is -2.05. The topological polar surface area (TPSA) is 71.1 Å². The molecule has 0 unspecified atom stereocenters. The van der Waals surface area contributed by atoms with Crippen LogP contribution < -0.4 is 10.0 Å². The second-order valence-corrected chi connectivity index (χ2v) is 5.88. The van der Waals surface area contributed by atoms with E-state index in [1.54, 1.807) is 25.3 Å². The fourth-order valence-electron chi connectivity index (χ4n) is 1.49. The molecule has 1 aliphatic rings. The zero-order valence-electron chi connectivity index (χ0n) is 9.81. The normalized spacial score (nSPS) is 16.1. The second kappa shape index (κ2) is 5.12. The van der Waals surface area contributed by atoms with Gasteiger partial charge >= 0.3 is 0 Å². The minimum Gasteiger partial charge on any atom is -0.310 e. The maximum absolute atomic E-state index is 11.6. The number of hydrogen-bond donors (Lipinski definition) is 2. The number of nitrogens with zero attached hydrogens (tertiary/aromatic N) is 1. The third-order valence-corrected chi connectivity index (χ3v) is 4.04. The van der Waals surface area contributed by atoms with Crippen molar-refractivity contribution in [1.82, 2.24) is 15.0 Å². The smallest absolute Gasteiger partial charge is 0.258 e. The van der Waals surface area contributed by atoms with Gasteiger partial charge in [0.2, 0.25) is 0 Å². The maximum atomic E-state index is 11.6. The van der Waals surface area contributed by atoms with E-state index in [-0.39, 0.29) is 5.03 Å². The predicted octanol–water partition coefficient (Wildman–Crippen LogP) is 0.632. The minimum absolute atomic E-state index is 0.0783. The zero-order valence-corrected chi connectivity index (χ0v) is 10.6. The number of rotatable bonds is 6. The molecule has 5 nitrogen and oxygen atoms in total. The summed E-state index contributed by atoms with van der Waals surface area (Å²) in [4.78, 5) is 3.98. The van der Waals surface area contributed by atoms with Gasteiger partial charge in [-0.1, -0.05) is 13.0 Å². The Kier molecular flexibility index (Phi) is 3.76. The van der Waals surface area contributed by atoms with Crippen LogP contribution in [-0.4, -0.2) is 26.0 Å². The monoisotopic (exact) mass is 255 g/mol. The van der Waals surface area contributed by atoms with Gasteiger partial charge in [0, 0.05) is 25.3 Å². The summed E-state index contributed by atoms with van der Waals surface area (Å²) < 4.78 is 25.7. The number of sulfonamides is 1. The molecule has 94 valence electrons. The molecular formula is C11H17N3O2S. The van der Waals surface area contributed by atoms with Crippen molar-refractivity contribution in [3.8, 4) is 0 Å². The molecule has 0 aliphatic heterocycles. The molecule has 0 radical (unpaired) electrons. The molecule has 1 fully saturated rings. The Morgan fingerprint density at radius 2 is 2.18 bits per heavy atom. The van der Waals surface area contributed by atoms with Gasteiger partial charge in [0.15, 0.2) is 5.03 Å². The Morgan fingerprint density at radius 1 is 1.41 bits per heavy atom. The molecule has 1 aromatic rings. The fraction of sp³-hybridized carbons (Fsp3) is 0.545. The molecule has 1 aliphatic carbocycles. The van der Waals surface area contributed by atoms with Crippen molar-refractivity contribution >= 4 is 10.0 Å². The van der Waals surface area contributed by atoms with Crippen molar-refractivity contribution in [1.29, 1.82) is 0 Å². The van der Waals surface area contributed by atoms with Crippen molar-refractivity contribution in [2.24, 2.45) is 0 Å². The highest BCUT2D eigenvalue weighted by molar-refractivity contribution is 7.89. The quantitative estimate of drug-likeness (QED) is 0.782. The Hall–Kier alpha value is -0.980. The SMILES string of the molecule is CCNS(=O)(=O)c1ccc(CNC2CC2)cn1. The van der Waals surface area contributed by atoms with Crippen LogP contribution in [0, 0.1) is 0 Å². The van der Waals surface area contributed by atoms with Crippen LogP contribution in [0.1, 0.15) is 25.3 Å². The molecule has 0 bridgehead atoms. The van der Waals surface area contributed by atoms with Gasteiger partial charge in [-0.2, -0.15) is 0 Å². The second-order valence-electron chi connectivity index (χ2n) is 4.16. The highest BCUT2D eigenvalue weighted by Gasteiger charge is 2.20. The van der Waals surface area contributed by atoms with Gasteiger partial charge in [-0.25, -0.2) is 18.1 Å². The third kappa shape index (κ3) is 3.49. The van der Waals surface area contributed by atoms with E-state index >= 15 is 0 Å². The molecule has 1 heterocycles. The van der Waals surface area contributed by atoms with E-state index < -0.39 is 10.0 Å². The van der Waals surface area contributed by atoms with Gasteiger partial charge in [0.1, 0.15) is 0 Å². The number of nitrogens with one attached hydrogen (secondary N) is 2. The van der Waals surface area contributed by atoms with Gasteiger partial charge in [0.05, 0.1) is 0 Å². The molecule has 0 amide bonds. The predicted molar refractivity (Wildman–Crippen MR) is 65.0 cm³/mol. The van der Waals surface area contributed by atoms with Gasteiger partial charge in [-0.15, -0.1) is 0 Å². The number of pyridine rings is 1. The standard InChI is InChI=1S/C11H17N3O2S/c1-2-14-17(15,16)11-6-3-9(8-13-11)7-12-10-4-5-10/h3,6,8,10,12,14H,2,4-5,7H2,1H3. The highest BCUT2D eigenvalue weighted by Crippen LogP contribution is 2.19. The van der Waals surface area contributed by atoms with Crippen molar-refractivity contribution in [2.75, 3.05) is 6.54 Å². The highest BCUT2D eigenvalue weighted by atomic mass is 32.2. The Labute approximate surface area is 102 Å². The number of hydrogen-bond acceptors (Lipinski definition) is 4. The molecule has 0 spiro atoms. The summed E-state index contributed by atoms with van der Waals surface area (Å²) >= 11 is 0. The van der Waals surface area contributed by atoms with Crippen LogP contribution in [0.4, 0.5) is 0 Å². The van der Waals surface area contributed by atoms with E-state index in [2.05, 4.69) is 15.0 Å². The van der Waals surface area contributed by atoms with Crippen LogP contribution in [-0.2, 0) is 16.6 Å². The lowest BCUT2D eigenvalue weighted by atomic mass is 10.3. The Balaban J connectivity index is 2.01. The average molecular weight is 255 g/mol. The van der Waals surface area contributed by atoms with Gasteiger partial charge < -0.3 is 5.32 Å². The molecule has 1 saturated carbocycles. The zero-order chi connectivity index (χ0) is 12.3. The van der Waals surface area contributed by atoms with Crippen molar-refractivity contribution in [3.63, 3.8) is 0 Å². The van der Waals surface area contributed by atoms with Crippen LogP contribution in [0.5, 0.6) is 0 Å². The van der Waals surface area contributed by atoms with Crippen LogP contribution in [0.25, 0.3) is 0 Å². The summed E-state index contributed by atoms with van der Waals surface area (Å²) in [5.41, 5.74) is 1.01. The van der Waals surface area contributed by atoms with Gasteiger partial charge in [-0.05, 0) is 24.5 Å². The van der Waals surface area contributed by atoms with Crippen molar-refractivity contribution < 1.29 is 8.42 Å². The Morgan fingerprint density at radius 3 is 2.71 bits per heavy atom. The van der Waals surface area contributed by atoms with E-state index in [9.17, 15) is 8.42 Å². The molecule has 0 saturated heterocycles. The lowest BCUT2D eigenvalue weighted by molar-refractivity contribution is 0.579. The molecule has 1 aromatic heterocycles. The summed E-state index contributed by atoms with van der Waals surface area (Å²) in [6.07, 6.45) is 4.08. The first-order valence-electron chi connectivity index (χ1n) is 5.80. The molecule has 17 heavy (non-hydrogen) atoms. The molecular weight excluding hydrogens is 238 g/mol. The van der Waals surface area contributed by atoms with Crippen molar-refractivity contribution in [2.45, 2.75) is 37.4 Å². The van der Waals surface area contributed by atoms with E-state index in [1.807, 2.05) is 0 Å². The number of aromatic nitrogens is 1. The van der Waals surface area contributed by atoms with E-state index in [0.29, 0.717) is 12.6 Å².